The molecule has 0 saturated heterocycles. The van der Waals surface area contributed by atoms with Crippen molar-refractivity contribution in [1.82, 2.24) is 4.98 Å². The molecule has 1 saturated carbocycles. The standard InChI is InChI=1S/C13H20N2O/c1-9(2)16-13-12(5-4-6-14-13)15-11-7-10(3)8-11/h4-6,9-11,15H,7-8H2,1-3H3. The van der Waals surface area contributed by atoms with Crippen molar-refractivity contribution in [2.75, 3.05) is 5.32 Å². The Morgan fingerprint density at radius 2 is 2.19 bits per heavy atom. The predicted octanol–water partition coefficient (Wildman–Crippen LogP) is 3.08. The van der Waals surface area contributed by atoms with Gasteiger partial charge in [-0.05, 0) is 44.7 Å². The van der Waals surface area contributed by atoms with Gasteiger partial charge in [0.2, 0.25) is 5.88 Å². The lowest BCUT2D eigenvalue weighted by molar-refractivity contribution is 0.232. The van der Waals surface area contributed by atoms with Crippen LogP contribution in [0.15, 0.2) is 18.3 Å². The van der Waals surface area contributed by atoms with Gasteiger partial charge in [0, 0.05) is 12.2 Å². The first-order valence-electron chi connectivity index (χ1n) is 6.03. The molecule has 2 rings (SSSR count). The van der Waals surface area contributed by atoms with Gasteiger partial charge in [-0.1, -0.05) is 6.92 Å². The van der Waals surface area contributed by atoms with E-state index >= 15 is 0 Å². The SMILES string of the molecule is CC1CC(Nc2cccnc2OC(C)C)C1. The summed E-state index contributed by atoms with van der Waals surface area (Å²) in [7, 11) is 0. The van der Waals surface area contributed by atoms with Crippen LogP contribution >= 0.6 is 0 Å². The van der Waals surface area contributed by atoms with Gasteiger partial charge in [-0.25, -0.2) is 4.98 Å². The number of rotatable bonds is 4. The van der Waals surface area contributed by atoms with Gasteiger partial charge in [0.05, 0.1) is 11.8 Å². The lowest BCUT2D eigenvalue weighted by Crippen LogP contribution is -2.34. The van der Waals surface area contributed by atoms with Gasteiger partial charge in [-0.15, -0.1) is 0 Å². The largest absolute Gasteiger partial charge is 0.473 e. The summed E-state index contributed by atoms with van der Waals surface area (Å²) in [5.41, 5.74) is 1.02. The monoisotopic (exact) mass is 220 g/mol. The highest BCUT2D eigenvalue weighted by atomic mass is 16.5. The Hall–Kier alpha value is -1.25. The van der Waals surface area contributed by atoms with Crippen LogP contribution in [0.4, 0.5) is 5.69 Å². The predicted molar refractivity (Wildman–Crippen MR) is 65.8 cm³/mol. The third-order valence-corrected chi connectivity index (χ3v) is 2.85. The Labute approximate surface area is 97.2 Å². The van der Waals surface area contributed by atoms with E-state index in [1.54, 1.807) is 6.20 Å². The Balaban J connectivity index is 2.01. The van der Waals surface area contributed by atoms with Crippen molar-refractivity contribution >= 4 is 5.69 Å². The van der Waals surface area contributed by atoms with E-state index < -0.39 is 0 Å². The minimum Gasteiger partial charge on any atom is -0.473 e. The molecule has 1 aliphatic carbocycles. The topological polar surface area (TPSA) is 34.2 Å². The van der Waals surface area contributed by atoms with E-state index in [1.165, 1.54) is 12.8 Å². The van der Waals surface area contributed by atoms with Crippen molar-refractivity contribution in [2.24, 2.45) is 5.92 Å². The molecular weight excluding hydrogens is 200 g/mol. The Bertz CT molecular complexity index is 346. The number of hydrogen-bond acceptors (Lipinski definition) is 3. The maximum Gasteiger partial charge on any atom is 0.237 e. The highest BCUT2D eigenvalue weighted by Gasteiger charge is 2.25. The molecule has 1 fully saturated rings. The maximum atomic E-state index is 5.67. The highest BCUT2D eigenvalue weighted by Crippen LogP contribution is 2.32. The minimum atomic E-state index is 0.163. The molecule has 3 heteroatoms. The van der Waals surface area contributed by atoms with Crippen LogP contribution in [-0.2, 0) is 0 Å². The molecule has 1 aliphatic rings. The van der Waals surface area contributed by atoms with E-state index in [-0.39, 0.29) is 6.10 Å². The molecule has 0 bridgehead atoms. The fourth-order valence-corrected chi connectivity index (χ4v) is 2.06. The van der Waals surface area contributed by atoms with E-state index in [9.17, 15) is 0 Å². The summed E-state index contributed by atoms with van der Waals surface area (Å²) >= 11 is 0. The summed E-state index contributed by atoms with van der Waals surface area (Å²) in [6.45, 7) is 6.32. The number of ether oxygens (including phenoxy) is 1. The fraction of sp³-hybridized carbons (Fsp3) is 0.615. The van der Waals surface area contributed by atoms with Gasteiger partial charge in [0.25, 0.3) is 0 Å². The smallest absolute Gasteiger partial charge is 0.237 e. The zero-order valence-corrected chi connectivity index (χ0v) is 10.2. The molecule has 3 nitrogen and oxygen atoms in total. The number of anilines is 1. The molecule has 0 unspecified atom stereocenters. The van der Waals surface area contributed by atoms with Crippen LogP contribution in [0.25, 0.3) is 0 Å². The molecule has 88 valence electrons. The molecule has 1 aromatic rings. The van der Waals surface area contributed by atoms with Crippen molar-refractivity contribution in [3.63, 3.8) is 0 Å². The van der Waals surface area contributed by atoms with Crippen LogP contribution in [0.1, 0.15) is 33.6 Å². The van der Waals surface area contributed by atoms with Gasteiger partial charge in [-0.2, -0.15) is 0 Å². The van der Waals surface area contributed by atoms with Gasteiger partial charge >= 0.3 is 0 Å². The second-order valence-corrected chi connectivity index (χ2v) is 4.94. The molecular formula is C13H20N2O. The number of nitrogens with zero attached hydrogens (tertiary/aromatic N) is 1. The number of nitrogens with one attached hydrogen (secondary N) is 1. The van der Waals surface area contributed by atoms with Crippen molar-refractivity contribution in [3.8, 4) is 5.88 Å². The van der Waals surface area contributed by atoms with Crippen molar-refractivity contribution in [3.05, 3.63) is 18.3 Å². The maximum absolute atomic E-state index is 5.67. The van der Waals surface area contributed by atoms with Crippen molar-refractivity contribution in [2.45, 2.75) is 45.8 Å². The molecule has 0 atom stereocenters. The molecule has 0 aromatic carbocycles. The molecule has 0 aliphatic heterocycles. The third kappa shape index (κ3) is 2.65. The fourth-order valence-electron chi connectivity index (χ4n) is 2.06. The summed E-state index contributed by atoms with van der Waals surface area (Å²) in [5.74, 6) is 1.57. The number of pyridine rings is 1. The van der Waals surface area contributed by atoms with Crippen LogP contribution < -0.4 is 10.1 Å². The van der Waals surface area contributed by atoms with Gasteiger partial charge in [0.1, 0.15) is 0 Å². The minimum absolute atomic E-state index is 0.163. The Morgan fingerprint density at radius 3 is 2.81 bits per heavy atom. The summed E-state index contributed by atoms with van der Waals surface area (Å²) < 4.78 is 5.67. The second kappa shape index (κ2) is 4.73. The summed E-state index contributed by atoms with van der Waals surface area (Å²) in [4.78, 5) is 4.26. The summed E-state index contributed by atoms with van der Waals surface area (Å²) in [5, 5.41) is 3.50. The molecule has 0 radical (unpaired) electrons. The molecule has 0 spiro atoms. The van der Waals surface area contributed by atoms with Gasteiger partial charge < -0.3 is 10.1 Å². The van der Waals surface area contributed by atoms with Crippen LogP contribution in [0.2, 0.25) is 0 Å². The Kier molecular flexibility index (Phi) is 3.32. The van der Waals surface area contributed by atoms with Gasteiger partial charge in [-0.3, -0.25) is 0 Å². The van der Waals surface area contributed by atoms with Crippen LogP contribution in [0, 0.1) is 5.92 Å². The molecule has 0 amide bonds. The first kappa shape index (κ1) is 11.2. The zero-order chi connectivity index (χ0) is 11.5. The molecule has 1 heterocycles. The van der Waals surface area contributed by atoms with Crippen LogP contribution in [0.5, 0.6) is 5.88 Å². The second-order valence-electron chi connectivity index (χ2n) is 4.94. The molecule has 1 aromatic heterocycles. The lowest BCUT2D eigenvalue weighted by atomic mass is 9.82. The van der Waals surface area contributed by atoms with E-state index in [4.69, 9.17) is 4.74 Å². The number of aromatic nitrogens is 1. The first-order chi connectivity index (χ1) is 7.65. The van der Waals surface area contributed by atoms with Crippen molar-refractivity contribution in [1.29, 1.82) is 0 Å². The van der Waals surface area contributed by atoms with E-state index in [0.29, 0.717) is 6.04 Å². The quantitative estimate of drug-likeness (QED) is 0.846. The van der Waals surface area contributed by atoms with Crippen molar-refractivity contribution < 1.29 is 4.74 Å². The summed E-state index contributed by atoms with van der Waals surface area (Å²) in [6.07, 6.45) is 4.42. The third-order valence-electron chi connectivity index (χ3n) is 2.85. The first-order valence-corrected chi connectivity index (χ1v) is 6.03. The average molecular weight is 220 g/mol. The highest BCUT2D eigenvalue weighted by molar-refractivity contribution is 5.53. The van der Waals surface area contributed by atoms with E-state index in [1.807, 2.05) is 26.0 Å². The number of hydrogen-bond donors (Lipinski definition) is 1. The normalized spacial score (nSPS) is 24.0. The zero-order valence-electron chi connectivity index (χ0n) is 10.2. The lowest BCUT2D eigenvalue weighted by Gasteiger charge is -2.34. The molecule has 1 N–H and O–H groups in total. The van der Waals surface area contributed by atoms with Gasteiger partial charge in [0.15, 0.2) is 0 Å². The molecule has 16 heavy (non-hydrogen) atoms. The van der Waals surface area contributed by atoms with E-state index in [0.717, 1.165) is 17.5 Å². The summed E-state index contributed by atoms with van der Waals surface area (Å²) in [6, 6.07) is 4.57. The Morgan fingerprint density at radius 1 is 1.44 bits per heavy atom. The van der Waals surface area contributed by atoms with Crippen LogP contribution in [-0.4, -0.2) is 17.1 Å². The average Bonchev–Trinajstić information content (AvgIpc) is 2.17. The van der Waals surface area contributed by atoms with Crippen LogP contribution in [0.3, 0.4) is 0 Å². The van der Waals surface area contributed by atoms with E-state index in [2.05, 4.69) is 17.2 Å².